The number of aromatic nitrogens is 2. The summed E-state index contributed by atoms with van der Waals surface area (Å²) in [6.07, 6.45) is 0. The number of pyridine rings is 1. The highest BCUT2D eigenvalue weighted by Crippen LogP contribution is 2.09. The molecule has 2 aromatic heterocycles. The first-order chi connectivity index (χ1) is 4.86. The van der Waals surface area contributed by atoms with E-state index in [4.69, 9.17) is 0 Å². The van der Waals surface area contributed by atoms with Gasteiger partial charge in [-0.3, -0.25) is 4.79 Å². The summed E-state index contributed by atoms with van der Waals surface area (Å²) in [6, 6.07) is 3.14. The standard InChI is InChI=1S/C6H3N2OS/c9-5-2-1-4-6(8-5)10-3-7-4/h1-2H,(H,8,9). The van der Waals surface area contributed by atoms with Crippen molar-refractivity contribution in [2.75, 3.05) is 0 Å². The Morgan fingerprint density at radius 1 is 1.60 bits per heavy atom. The molecule has 0 spiro atoms. The van der Waals surface area contributed by atoms with E-state index in [1.165, 1.54) is 17.4 Å². The second-order valence-corrected chi connectivity index (χ2v) is 2.64. The largest absolute Gasteiger partial charge is 0.312 e. The van der Waals surface area contributed by atoms with Crippen molar-refractivity contribution in [3.05, 3.63) is 28.0 Å². The van der Waals surface area contributed by atoms with Gasteiger partial charge in [0.05, 0.1) is 5.52 Å². The molecule has 0 saturated carbocycles. The maximum Gasteiger partial charge on any atom is 0.249 e. The molecule has 1 radical (unpaired) electrons. The van der Waals surface area contributed by atoms with Crippen LogP contribution in [-0.2, 0) is 0 Å². The van der Waals surface area contributed by atoms with Crippen molar-refractivity contribution < 1.29 is 0 Å². The monoisotopic (exact) mass is 151 g/mol. The molecule has 0 saturated heterocycles. The molecule has 0 aliphatic heterocycles. The SMILES string of the molecule is O=c1ccc2n[c]sc2[nH]1. The minimum absolute atomic E-state index is 0.0925. The lowest BCUT2D eigenvalue weighted by atomic mass is 10.5. The fourth-order valence-corrected chi connectivity index (χ4v) is 1.34. The molecule has 0 bridgehead atoms. The van der Waals surface area contributed by atoms with Crippen molar-refractivity contribution in [3.63, 3.8) is 0 Å². The van der Waals surface area contributed by atoms with Gasteiger partial charge in [0, 0.05) is 6.07 Å². The Bertz CT molecular complexity index is 403. The first-order valence-electron chi connectivity index (χ1n) is 2.72. The summed E-state index contributed by atoms with van der Waals surface area (Å²) >= 11 is 1.31. The minimum atomic E-state index is -0.0925. The highest BCUT2D eigenvalue weighted by atomic mass is 32.1. The number of aromatic amines is 1. The van der Waals surface area contributed by atoms with Crippen LogP contribution in [0.25, 0.3) is 10.3 Å². The fraction of sp³-hybridized carbons (Fsp3) is 0. The molecule has 2 heterocycles. The van der Waals surface area contributed by atoms with Gasteiger partial charge < -0.3 is 4.98 Å². The zero-order valence-electron chi connectivity index (χ0n) is 4.92. The Labute approximate surface area is 60.4 Å². The average Bonchev–Trinajstić information content (AvgIpc) is 2.33. The lowest BCUT2D eigenvalue weighted by molar-refractivity contribution is 1.31. The van der Waals surface area contributed by atoms with Crippen LogP contribution in [0.4, 0.5) is 0 Å². The predicted molar refractivity (Wildman–Crippen MR) is 39.1 cm³/mol. The molecule has 0 amide bonds. The zero-order chi connectivity index (χ0) is 6.97. The second-order valence-electron chi connectivity index (χ2n) is 1.84. The van der Waals surface area contributed by atoms with Crippen molar-refractivity contribution in [1.82, 2.24) is 9.97 Å². The third-order valence-corrected chi connectivity index (χ3v) is 1.87. The highest BCUT2D eigenvalue weighted by Gasteiger charge is 1.94. The van der Waals surface area contributed by atoms with Gasteiger partial charge in [-0.05, 0) is 6.07 Å². The molecular weight excluding hydrogens is 148 g/mol. The van der Waals surface area contributed by atoms with Gasteiger partial charge in [-0.15, -0.1) is 0 Å². The van der Waals surface area contributed by atoms with Crippen molar-refractivity contribution in [2.24, 2.45) is 0 Å². The van der Waals surface area contributed by atoms with Crippen molar-refractivity contribution in [1.29, 1.82) is 0 Å². The lowest BCUT2D eigenvalue weighted by Gasteiger charge is -1.82. The van der Waals surface area contributed by atoms with E-state index in [1.807, 2.05) is 0 Å². The van der Waals surface area contributed by atoms with E-state index >= 15 is 0 Å². The summed E-state index contributed by atoms with van der Waals surface area (Å²) in [4.78, 5) is 18.0. The number of fused-ring (bicyclic) bond motifs is 1. The number of rotatable bonds is 0. The summed E-state index contributed by atoms with van der Waals surface area (Å²) < 4.78 is 0. The summed E-state index contributed by atoms with van der Waals surface area (Å²) in [5.41, 5.74) is 3.39. The van der Waals surface area contributed by atoms with Gasteiger partial charge in [0.25, 0.3) is 0 Å². The molecular formula is C6H3N2OS. The summed E-state index contributed by atoms with van der Waals surface area (Å²) in [6.45, 7) is 0. The van der Waals surface area contributed by atoms with Gasteiger partial charge in [0.2, 0.25) is 5.56 Å². The van der Waals surface area contributed by atoms with Crippen LogP contribution in [0.5, 0.6) is 0 Å². The smallest absolute Gasteiger partial charge is 0.249 e. The number of H-pyrrole nitrogens is 1. The number of nitrogens with zero attached hydrogens (tertiary/aromatic N) is 1. The van der Waals surface area contributed by atoms with Crippen LogP contribution in [-0.4, -0.2) is 9.97 Å². The Morgan fingerprint density at radius 3 is 3.40 bits per heavy atom. The van der Waals surface area contributed by atoms with E-state index in [-0.39, 0.29) is 5.56 Å². The van der Waals surface area contributed by atoms with Crippen LogP contribution in [0.1, 0.15) is 0 Å². The van der Waals surface area contributed by atoms with E-state index in [0.29, 0.717) is 0 Å². The molecule has 0 aliphatic carbocycles. The number of hydrogen-bond acceptors (Lipinski definition) is 3. The summed E-state index contributed by atoms with van der Waals surface area (Å²) in [5.74, 6) is 0. The van der Waals surface area contributed by atoms with Gasteiger partial charge >= 0.3 is 0 Å². The van der Waals surface area contributed by atoms with Gasteiger partial charge in [-0.2, -0.15) is 0 Å². The molecule has 4 heteroatoms. The number of nitrogens with one attached hydrogen (secondary N) is 1. The first kappa shape index (κ1) is 5.61. The van der Waals surface area contributed by atoms with Crippen molar-refractivity contribution in [3.8, 4) is 0 Å². The number of thiazole rings is 1. The minimum Gasteiger partial charge on any atom is -0.312 e. The van der Waals surface area contributed by atoms with E-state index in [2.05, 4.69) is 15.5 Å². The Kier molecular flexibility index (Phi) is 1.07. The molecule has 3 nitrogen and oxygen atoms in total. The highest BCUT2D eigenvalue weighted by molar-refractivity contribution is 7.15. The Morgan fingerprint density at radius 2 is 2.50 bits per heavy atom. The third-order valence-electron chi connectivity index (χ3n) is 1.18. The molecule has 2 aromatic rings. The summed E-state index contributed by atoms with van der Waals surface area (Å²) in [7, 11) is 0. The molecule has 2 rings (SSSR count). The molecule has 0 fully saturated rings. The van der Waals surface area contributed by atoms with Crippen LogP contribution in [0, 0.1) is 5.51 Å². The quantitative estimate of drug-likeness (QED) is 0.605. The van der Waals surface area contributed by atoms with Crippen LogP contribution in [0.15, 0.2) is 16.9 Å². The van der Waals surface area contributed by atoms with Crippen LogP contribution in [0.3, 0.4) is 0 Å². The molecule has 0 unspecified atom stereocenters. The Hall–Kier alpha value is -1.16. The Balaban J connectivity index is 2.99. The second kappa shape index (κ2) is 1.91. The third kappa shape index (κ3) is 0.733. The van der Waals surface area contributed by atoms with Crippen molar-refractivity contribution >= 4 is 21.7 Å². The van der Waals surface area contributed by atoms with Gasteiger partial charge in [0.15, 0.2) is 5.51 Å². The molecule has 49 valence electrons. The van der Waals surface area contributed by atoms with E-state index in [9.17, 15) is 4.79 Å². The average molecular weight is 151 g/mol. The van der Waals surface area contributed by atoms with Crippen LogP contribution < -0.4 is 5.56 Å². The maximum absolute atomic E-state index is 10.7. The van der Waals surface area contributed by atoms with Crippen LogP contribution >= 0.6 is 11.3 Å². The molecule has 0 aromatic carbocycles. The molecule has 10 heavy (non-hydrogen) atoms. The molecule has 0 aliphatic rings. The molecule has 0 atom stereocenters. The molecule has 1 N–H and O–H groups in total. The van der Waals surface area contributed by atoms with Crippen LogP contribution in [0.2, 0.25) is 0 Å². The van der Waals surface area contributed by atoms with Gasteiger partial charge in [-0.25, -0.2) is 4.98 Å². The van der Waals surface area contributed by atoms with Gasteiger partial charge in [0.1, 0.15) is 4.83 Å². The lowest BCUT2D eigenvalue weighted by Crippen LogP contribution is -2.00. The normalized spacial score (nSPS) is 10.4. The zero-order valence-corrected chi connectivity index (χ0v) is 5.73. The topological polar surface area (TPSA) is 45.8 Å². The predicted octanol–water partition coefficient (Wildman–Crippen LogP) is 0.785. The number of hydrogen-bond donors (Lipinski definition) is 1. The first-order valence-corrected chi connectivity index (χ1v) is 3.54. The maximum atomic E-state index is 10.7. The summed E-state index contributed by atoms with van der Waals surface area (Å²) in [5, 5.41) is 0. The van der Waals surface area contributed by atoms with E-state index < -0.39 is 0 Å². The van der Waals surface area contributed by atoms with E-state index in [1.54, 1.807) is 6.07 Å². The van der Waals surface area contributed by atoms with E-state index in [0.717, 1.165) is 10.3 Å². The van der Waals surface area contributed by atoms with Gasteiger partial charge in [-0.1, -0.05) is 11.3 Å². The fourth-order valence-electron chi connectivity index (χ4n) is 0.731. The van der Waals surface area contributed by atoms with Crippen molar-refractivity contribution in [2.45, 2.75) is 0 Å².